The second-order valence-corrected chi connectivity index (χ2v) is 2.12. The van der Waals surface area contributed by atoms with Gasteiger partial charge in [-0.25, -0.2) is 0 Å². The van der Waals surface area contributed by atoms with Gasteiger partial charge in [0, 0.05) is 23.9 Å². The molecule has 1 heterocycles. The number of nitrogen functional groups attached to an aromatic ring is 1. The Morgan fingerprint density at radius 3 is 2.83 bits per heavy atom. The molecule has 0 spiro atoms. The van der Waals surface area contributed by atoms with Crippen LogP contribution in [-0.2, 0) is 4.79 Å². The van der Waals surface area contributed by atoms with Crippen molar-refractivity contribution in [3.8, 4) is 11.8 Å². The van der Waals surface area contributed by atoms with Crippen molar-refractivity contribution < 1.29 is 4.79 Å². The Balaban J connectivity index is 2.92. The molecule has 60 valence electrons. The van der Waals surface area contributed by atoms with Crippen molar-refractivity contribution in [2.24, 2.45) is 5.73 Å². The normalized spacial score (nSPS) is 8.33. The summed E-state index contributed by atoms with van der Waals surface area (Å²) < 4.78 is 0. The molecule has 0 aliphatic heterocycles. The second-order valence-electron chi connectivity index (χ2n) is 2.12. The first kappa shape index (κ1) is 8.08. The number of amides is 1. The summed E-state index contributed by atoms with van der Waals surface area (Å²) in [4.78, 5) is 14.0. The zero-order valence-electron chi connectivity index (χ0n) is 6.24. The highest BCUT2D eigenvalue weighted by Crippen LogP contribution is 2.00. The van der Waals surface area contributed by atoms with Crippen LogP contribution in [0.3, 0.4) is 0 Å². The van der Waals surface area contributed by atoms with Crippen LogP contribution in [0.5, 0.6) is 0 Å². The molecule has 0 fully saturated rings. The second kappa shape index (κ2) is 3.39. The monoisotopic (exact) mass is 161 g/mol. The molecule has 0 bridgehead atoms. The number of rotatable bonds is 0. The molecule has 0 radical (unpaired) electrons. The van der Waals surface area contributed by atoms with E-state index in [1.807, 2.05) is 0 Å². The van der Waals surface area contributed by atoms with Crippen LogP contribution in [0.2, 0.25) is 0 Å². The number of anilines is 1. The van der Waals surface area contributed by atoms with E-state index in [-0.39, 0.29) is 0 Å². The van der Waals surface area contributed by atoms with Crippen LogP contribution in [0.4, 0.5) is 5.69 Å². The summed E-state index contributed by atoms with van der Waals surface area (Å²) in [5.74, 6) is 4.03. The maximum Gasteiger partial charge on any atom is 0.293 e. The third kappa shape index (κ3) is 2.31. The van der Waals surface area contributed by atoms with Crippen LogP contribution >= 0.6 is 0 Å². The van der Waals surface area contributed by atoms with Crippen LogP contribution in [0.25, 0.3) is 0 Å². The molecule has 1 amide bonds. The van der Waals surface area contributed by atoms with Gasteiger partial charge in [-0.1, -0.05) is 5.92 Å². The van der Waals surface area contributed by atoms with E-state index in [2.05, 4.69) is 16.8 Å². The molecule has 1 aromatic rings. The predicted octanol–water partition coefficient (Wildman–Crippen LogP) is -0.499. The maximum absolute atomic E-state index is 10.3. The lowest BCUT2D eigenvalue weighted by molar-refractivity contribution is -0.112. The Labute approximate surface area is 69.6 Å². The minimum absolute atomic E-state index is 0.506. The molecule has 4 nitrogen and oxygen atoms in total. The molecule has 0 unspecified atom stereocenters. The number of nitrogens with zero attached hydrogens (tertiary/aromatic N) is 1. The van der Waals surface area contributed by atoms with Gasteiger partial charge >= 0.3 is 0 Å². The number of hydrogen-bond acceptors (Lipinski definition) is 3. The molecule has 1 rings (SSSR count). The first-order chi connectivity index (χ1) is 5.68. The van der Waals surface area contributed by atoms with E-state index in [0.29, 0.717) is 11.3 Å². The highest BCUT2D eigenvalue weighted by Gasteiger charge is 1.88. The van der Waals surface area contributed by atoms with Gasteiger partial charge in [-0.05, 0) is 6.07 Å². The maximum atomic E-state index is 10.3. The SMILES string of the molecule is NC(=O)C#Cc1cncc(N)c1. The highest BCUT2D eigenvalue weighted by atomic mass is 16.1. The van der Waals surface area contributed by atoms with Gasteiger partial charge in [-0.15, -0.1) is 0 Å². The van der Waals surface area contributed by atoms with Crippen LogP contribution < -0.4 is 11.5 Å². The molecule has 1 aromatic heterocycles. The van der Waals surface area contributed by atoms with E-state index in [9.17, 15) is 4.79 Å². The summed E-state index contributed by atoms with van der Waals surface area (Å²) in [7, 11) is 0. The smallest absolute Gasteiger partial charge is 0.293 e. The molecule has 0 atom stereocenters. The Morgan fingerprint density at radius 1 is 1.50 bits per heavy atom. The highest BCUT2D eigenvalue weighted by molar-refractivity contribution is 5.92. The lowest BCUT2D eigenvalue weighted by Crippen LogP contribution is -2.06. The summed E-state index contributed by atoms with van der Waals surface area (Å²) in [6, 6.07) is 1.61. The Hall–Kier alpha value is -2.02. The largest absolute Gasteiger partial charge is 0.397 e. The van der Waals surface area contributed by atoms with Crippen molar-refractivity contribution in [2.45, 2.75) is 0 Å². The summed E-state index contributed by atoms with van der Waals surface area (Å²) in [5, 5.41) is 0. The van der Waals surface area contributed by atoms with Crippen molar-refractivity contribution in [1.82, 2.24) is 4.98 Å². The average Bonchev–Trinajstić information content (AvgIpc) is 2.01. The van der Waals surface area contributed by atoms with E-state index in [1.54, 1.807) is 6.07 Å². The molecule has 0 saturated carbocycles. The first-order valence-corrected chi connectivity index (χ1v) is 3.20. The third-order valence-corrected chi connectivity index (χ3v) is 1.09. The van der Waals surface area contributed by atoms with Crippen molar-refractivity contribution in [2.75, 3.05) is 5.73 Å². The van der Waals surface area contributed by atoms with Crippen LogP contribution in [0.1, 0.15) is 5.56 Å². The van der Waals surface area contributed by atoms with Gasteiger partial charge in [-0.3, -0.25) is 9.78 Å². The Kier molecular flexibility index (Phi) is 2.29. The molecule has 0 aliphatic rings. The van der Waals surface area contributed by atoms with Crippen molar-refractivity contribution in [3.05, 3.63) is 24.0 Å². The van der Waals surface area contributed by atoms with E-state index in [0.717, 1.165) is 0 Å². The molecule has 0 aromatic carbocycles. The molecule has 4 N–H and O–H groups in total. The number of carbonyl (C=O) groups excluding carboxylic acids is 1. The molecule has 0 aliphatic carbocycles. The minimum Gasteiger partial charge on any atom is -0.397 e. The van der Waals surface area contributed by atoms with Gasteiger partial charge in [-0.2, -0.15) is 0 Å². The van der Waals surface area contributed by atoms with Gasteiger partial charge in [0.25, 0.3) is 5.91 Å². The average molecular weight is 161 g/mol. The number of primary amides is 1. The van der Waals surface area contributed by atoms with Crippen LogP contribution in [0, 0.1) is 11.8 Å². The van der Waals surface area contributed by atoms with E-state index in [4.69, 9.17) is 11.5 Å². The zero-order chi connectivity index (χ0) is 8.97. The third-order valence-electron chi connectivity index (χ3n) is 1.09. The van der Waals surface area contributed by atoms with Gasteiger partial charge in [0.15, 0.2) is 0 Å². The zero-order valence-corrected chi connectivity index (χ0v) is 6.24. The van der Waals surface area contributed by atoms with Crippen LogP contribution in [0.15, 0.2) is 18.5 Å². The summed E-state index contributed by atoms with van der Waals surface area (Å²) >= 11 is 0. The lowest BCUT2D eigenvalue weighted by Gasteiger charge is -1.90. The topological polar surface area (TPSA) is 82.0 Å². The van der Waals surface area contributed by atoms with E-state index < -0.39 is 5.91 Å². The van der Waals surface area contributed by atoms with Crippen molar-refractivity contribution in [1.29, 1.82) is 0 Å². The fourth-order valence-electron chi connectivity index (χ4n) is 0.660. The molecule has 12 heavy (non-hydrogen) atoms. The number of hydrogen-bond donors (Lipinski definition) is 2. The standard InChI is InChI=1S/C8H7N3O/c9-7-3-6(4-11-5-7)1-2-8(10)12/h3-5H,9H2,(H2,10,12). The van der Waals surface area contributed by atoms with Gasteiger partial charge in [0.1, 0.15) is 0 Å². The lowest BCUT2D eigenvalue weighted by atomic mass is 10.3. The van der Waals surface area contributed by atoms with E-state index >= 15 is 0 Å². The van der Waals surface area contributed by atoms with Gasteiger partial charge in [0.2, 0.25) is 0 Å². The molecule has 0 saturated heterocycles. The Bertz CT molecular complexity index is 362. The van der Waals surface area contributed by atoms with Crippen molar-refractivity contribution >= 4 is 11.6 Å². The predicted molar refractivity (Wildman–Crippen MR) is 44.7 cm³/mol. The quantitative estimate of drug-likeness (QED) is 0.503. The molecular weight excluding hydrogens is 154 g/mol. The fraction of sp³-hybridized carbons (Fsp3) is 0. The number of pyridine rings is 1. The van der Waals surface area contributed by atoms with Gasteiger partial charge < -0.3 is 11.5 Å². The van der Waals surface area contributed by atoms with Crippen molar-refractivity contribution in [3.63, 3.8) is 0 Å². The summed E-state index contributed by atoms with van der Waals surface area (Å²) in [5.41, 5.74) is 11.3. The molecular formula is C8H7N3O. The fourth-order valence-corrected chi connectivity index (χ4v) is 0.660. The Morgan fingerprint density at radius 2 is 2.25 bits per heavy atom. The number of carbonyl (C=O) groups is 1. The molecule has 4 heteroatoms. The minimum atomic E-state index is -0.669. The summed E-state index contributed by atoms with van der Waals surface area (Å²) in [6.45, 7) is 0. The van der Waals surface area contributed by atoms with Crippen LogP contribution in [-0.4, -0.2) is 10.9 Å². The van der Waals surface area contributed by atoms with E-state index in [1.165, 1.54) is 12.4 Å². The number of nitrogens with two attached hydrogens (primary N) is 2. The number of aromatic nitrogens is 1. The first-order valence-electron chi connectivity index (χ1n) is 3.20. The van der Waals surface area contributed by atoms with Gasteiger partial charge in [0.05, 0.1) is 5.69 Å². The summed E-state index contributed by atoms with van der Waals surface area (Å²) in [6.07, 6.45) is 3.00.